The summed E-state index contributed by atoms with van der Waals surface area (Å²) in [5, 5.41) is 3.76. The van der Waals surface area contributed by atoms with Crippen LogP contribution in [0.5, 0.6) is 11.5 Å². The summed E-state index contributed by atoms with van der Waals surface area (Å²) < 4.78 is 84.8. The van der Waals surface area contributed by atoms with Crippen LogP contribution in [0.3, 0.4) is 0 Å². The van der Waals surface area contributed by atoms with Gasteiger partial charge in [-0.1, -0.05) is 11.6 Å². The van der Waals surface area contributed by atoms with E-state index in [-0.39, 0.29) is 51.6 Å². The third kappa shape index (κ3) is 5.13. The molecule has 0 fully saturated rings. The second kappa shape index (κ2) is 10.9. The highest BCUT2D eigenvalue weighted by molar-refractivity contribution is 6.33. The molecule has 1 aliphatic rings. The molecule has 0 saturated heterocycles. The Bertz CT molecular complexity index is 1270. The lowest BCUT2D eigenvalue weighted by molar-refractivity contribution is -0.145. The van der Waals surface area contributed by atoms with E-state index in [1.807, 2.05) is 0 Å². The summed E-state index contributed by atoms with van der Waals surface area (Å²) in [5.74, 6) is -12.9. The number of hydrogen-bond acceptors (Lipinski definition) is 6. The molecule has 0 unspecified atom stereocenters. The van der Waals surface area contributed by atoms with Crippen molar-refractivity contribution in [2.45, 2.75) is 20.8 Å². The fourth-order valence-corrected chi connectivity index (χ4v) is 3.46. The van der Waals surface area contributed by atoms with Gasteiger partial charge in [0.05, 0.1) is 29.5 Å². The molecule has 0 atom stereocenters. The van der Waals surface area contributed by atoms with E-state index in [2.05, 4.69) is 5.10 Å². The highest BCUT2D eigenvalue weighted by Gasteiger charge is 2.37. The minimum atomic E-state index is -2.36. The predicted octanol–water partition coefficient (Wildman–Crippen LogP) is 5.18. The highest BCUT2D eigenvalue weighted by atomic mass is 35.5. The maximum atomic E-state index is 14.2. The third-order valence-electron chi connectivity index (χ3n) is 4.74. The van der Waals surface area contributed by atoms with Gasteiger partial charge in [0.1, 0.15) is 5.69 Å². The zero-order valence-electron chi connectivity index (χ0n) is 19.1. The van der Waals surface area contributed by atoms with Crippen LogP contribution in [-0.2, 0) is 14.3 Å². The van der Waals surface area contributed by atoms with Crippen LogP contribution in [0.2, 0.25) is 5.02 Å². The van der Waals surface area contributed by atoms with E-state index in [1.165, 1.54) is 25.1 Å². The number of halogens is 6. The summed E-state index contributed by atoms with van der Waals surface area (Å²) in [6.07, 6.45) is 1.23. The normalized spacial score (nSPS) is 14.4. The molecule has 2 aromatic carbocycles. The first kappa shape index (κ1) is 26.9. The van der Waals surface area contributed by atoms with Gasteiger partial charge >= 0.3 is 5.97 Å². The largest absolute Gasteiger partial charge is 0.490 e. The number of carbonyl (C=O) groups excluding carboxylic acids is 2. The zero-order chi connectivity index (χ0) is 26.7. The lowest BCUT2D eigenvalue weighted by Gasteiger charge is -2.15. The highest BCUT2D eigenvalue weighted by Crippen LogP contribution is 2.38. The fourth-order valence-electron chi connectivity index (χ4n) is 3.19. The Labute approximate surface area is 206 Å². The Kier molecular flexibility index (Phi) is 8.18. The number of hydrogen-bond donors (Lipinski definition) is 0. The van der Waals surface area contributed by atoms with Crippen LogP contribution in [0.25, 0.3) is 6.08 Å². The van der Waals surface area contributed by atoms with Crippen molar-refractivity contribution in [1.29, 1.82) is 0 Å². The molecule has 3 rings (SSSR count). The van der Waals surface area contributed by atoms with Crippen LogP contribution in [0, 0.1) is 29.1 Å². The predicted molar refractivity (Wildman–Crippen MR) is 120 cm³/mol. The first-order chi connectivity index (χ1) is 17.0. The van der Waals surface area contributed by atoms with E-state index in [0.29, 0.717) is 0 Å². The maximum Gasteiger partial charge on any atom is 0.344 e. The van der Waals surface area contributed by atoms with Crippen LogP contribution in [0.4, 0.5) is 27.6 Å². The molecule has 13 heteroatoms. The van der Waals surface area contributed by atoms with Crippen molar-refractivity contribution >= 4 is 41.0 Å². The van der Waals surface area contributed by atoms with Gasteiger partial charge in [-0.3, -0.25) is 4.79 Å². The number of ether oxygens (including phenoxy) is 3. The van der Waals surface area contributed by atoms with Crippen LogP contribution < -0.4 is 14.5 Å². The monoisotopic (exact) mass is 532 g/mol. The number of hydrazone groups is 1. The number of amides is 1. The Morgan fingerprint density at radius 3 is 2.19 bits per heavy atom. The molecule has 0 bridgehead atoms. The van der Waals surface area contributed by atoms with E-state index in [4.69, 9.17) is 25.8 Å². The molecule has 192 valence electrons. The summed E-state index contributed by atoms with van der Waals surface area (Å²) in [6.45, 7) is 4.49. The molecular formula is C23H18ClF5N2O5. The average Bonchev–Trinajstić information content (AvgIpc) is 3.09. The average molecular weight is 533 g/mol. The van der Waals surface area contributed by atoms with Gasteiger partial charge in [0, 0.05) is 0 Å². The van der Waals surface area contributed by atoms with Crippen LogP contribution in [0.15, 0.2) is 22.8 Å². The molecule has 1 amide bonds. The summed E-state index contributed by atoms with van der Waals surface area (Å²) in [6, 6.07) is 2.75. The van der Waals surface area contributed by atoms with Crippen molar-refractivity contribution in [2.24, 2.45) is 5.10 Å². The van der Waals surface area contributed by atoms with Crippen LogP contribution in [0.1, 0.15) is 26.3 Å². The van der Waals surface area contributed by atoms with E-state index in [0.717, 1.165) is 0 Å². The van der Waals surface area contributed by atoms with E-state index in [1.54, 1.807) is 13.8 Å². The minimum absolute atomic E-state index is 0.00578. The lowest BCUT2D eigenvalue weighted by Crippen LogP contribution is -2.25. The molecule has 0 saturated carbocycles. The second-order valence-electron chi connectivity index (χ2n) is 7.14. The summed E-state index contributed by atoms with van der Waals surface area (Å²) in [5.41, 5.74) is -1.53. The Morgan fingerprint density at radius 2 is 1.61 bits per heavy atom. The molecule has 1 aliphatic heterocycles. The minimum Gasteiger partial charge on any atom is -0.490 e. The molecule has 0 spiro atoms. The van der Waals surface area contributed by atoms with Crippen molar-refractivity contribution in [3.05, 3.63) is 57.4 Å². The number of carbonyl (C=O) groups is 2. The number of rotatable bonds is 8. The second-order valence-corrected chi connectivity index (χ2v) is 7.54. The van der Waals surface area contributed by atoms with Crippen molar-refractivity contribution in [2.75, 3.05) is 24.8 Å². The quantitative estimate of drug-likeness (QED) is 0.154. The summed E-state index contributed by atoms with van der Waals surface area (Å²) >= 11 is 6.27. The maximum absolute atomic E-state index is 14.2. The van der Waals surface area contributed by atoms with Gasteiger partial charge < -0.3 is 14.2 Å². The van der Waals surface area contributed by atoms with Gasteiger partial charge in [-0.05, 0) is 44.5 Å². The third-order valence-corrected chi connectivity index (χ3v) is 5.02. The Balaban J connectivity index is 1.99. The molecule has 0 radical (unpaired) electrons. The molecule has 0 aromatic heterocycles. The SMILES string of the molecule is CCOC(=O)COc1c(Cl)cc(/C=C2/C(=O)N(c3c(F)c(F)c(F)c(F)c3F)N=C2C)cc1OCC. The van der Waals surface area contributed by atoms with Gasteiger partial charge in [0.2, 0.25) is 5.82 Å². The topological polar surface area (TPSA) is 77.4 Å². The van der Waals surface area contributed by atoms with E-state index >= 15 is 0 Å². The van der Waals surface area contributed by atoms with Crippen molar-refractivity contribution in [1.82, 2.24) is 0 Å². The Hall–Kier alpha value is -3.67. The smallest absolute Gasteiger partial charge is 0.344 e. The number of benzene rings is 2. The van der Waals surface area contributed by atoms with Crippen molar-refractivity contribution < 1.29 is 45.8 Å². The van der Waals surface area contributed by atoms with Gasteiger partial charge in [0.25, 0.3) is 5.91 Å². The summed E-state index contributed by atoms with van der Waals surface area (Å²) in [4.78, 5) is 24.5. The molecule has 0 aliphatic carbocycles. The lowest BCUT2D eigenvalue weighted by atomic mass is 10.1. The number of nitrogens with zero attached hydrogens (tertiary/aromatic N) is 2. The molecule has 36 heavy (non-hydrogen) atoms. The number of anilines is 1. The molecule has 1 heterocycles. The van der Waals surface area contributed by atoms with Gasteiger partial charge in [-0.15, -0.1) is 0 Å². The molecular weight excluding hydrogens is 515 g/mol. The fraction of sp³-hybridized carbons (Fsp3) is 0.261. The number of esters is 1. The van der Waals surface area contributed by atoms with Gasteiger partial charge in [-0.2, -0.15) is 10.1 Å². The standard InChI is InChI=1S/C23H18ClF5N2O5/c1-4-34-14-8-11(7-13(24)22(14)36-9-15(32)35-5-2)6-12-10(3)30-31(23(12)33)21-19(28)17(26)16(25)18(27)20(21)29/h6-8H,4-5,9H2,1-3H3/b12-6+. The van der Waals surface area contributed by atoms with Gasteiger partial charge in [-0.25, -0.2) is 26.7 Å². The van der Waals surface area contributed by atoms with E-state index in [9.17, 15) is 31.5 Å². The first-order valence-corrected chi connectivity index (χ1v) is 10.8. The van der Waals surface area contributed by atoms with Gasteiger partial charge in [0.15, 0.2) is 41.4 Å². The molecule has 2 aromatic rings. The van der Waals surface area contributed by atoms with Crippen molar-refractivity contribution in [3.8, 4) is 11.5 Å². The van der Waals surface area contributed by atoms with Crippen molar-refractivity contribution in [3.63, 3.8) is 0 Å². The zero-order valence-corrected chi connectivity index (χ0v) is 19.8. The first-order valence-electron chi connectivity index (χ1n) is 10.4. The summed E-state index contributed by atoms with van der Waals surface area (Å²) in [7, 11) is 0. The van der Waals surface area contributed by atoms with Crippen LogP contribution in [-0.4, -0.2) is 37.4 Å². The molecule has 0 N–H and O–H groups in total. The van der Waals surface area contributed by atoms with E-state index < -0.39 is 53.3 Å². The molecule has 7 nitrogen and oxygen atoms in total. The Morgan fingerprint density at radius 1 is 1.00 bits per heavy atom. The van der Waals surface area contributed by atoms with Crippen LogP contribution >= 0.6 is 11.6 Å².